The molecule has 0 spiro atoms. The van der Waals surface area contributed by atoms with Crippen molar-refractivity contribution < 1.29 is 4.39 Å². The molecule has 0 fully saturated rings. The molecule has 5 nitrogen and oxygen atoms in total. The molecule has 0 radical (unpaired) electrons. The second kappa shape index (κ2) is 6.08. The Bertz CT molecular complexity index is 981. The number of aromatic nitrogens is 4. The quantitative estimate of drug-likeness (QED) is 0.625. The zero-order chi connectivity index (χ0) is 16.4. The lowest BCUT2D eigenvalue weighted by molar-refractivity contribution is 0.631. The van der Waals surface area contributed by atoms with Gasteiger partial charge in [-0.25, -0.2) is 9.37 Å². The Morgan fingerprint density at radius 1 is 0.917 bits per heavy atom. The molecule has 1 aromatic carbocycles. The molecule has 3 heterocycles. The second-order valence-corrected chi connectivity index (χ2v) is 5.28. The summed E-state index contributed by atoms with van der Waals surface area (Å²) in [6.45, 7) is 0.564. The number of fused-ring (bicyclic) bond motifs is 1. The first-order valence-corrected chi connectivity index (χ1v) is 7.54. The summed E-state index contributed by atoms with van der Waals surface area (Å²) in [5.74, 6) is 0.481. The average Bonchev–Trinajstić information content (AvgIpc) is 3.06. The molecule has 0 aliphatic rings. The smallest absolute Gasteiger partial charge is 0.165 e. The van der Waals surface area contributed by atoms with Crippen molar-refractivity contribution in [2.24, 2.45) is 0 Å². The first-order valence-electron chi connectivity index (χ1n) is 7.54. The number of halogens is 1. The van der Waals surface area contributed by atoms with Gasteiger partial charge in [-0.05, 0) is 24.3 Å². The van der Waals surface area contributed by atoms with E-state index in [9.17, 15) is 4.39 Å². The van der Waals surface area contributed by atoms with Crippen LogP contribution in [0.4, 0.5) is 10.2 Å². The predicted octanol–water partition coefficient (Wildman–Crippen LogP) is 3.54. The highest BCUT2D eigenvalue weighted by Crippen LogP contribution is 2.27. The normalized spacial score (nSPS) is 10.9. The Balaban J connectivity index is 1.70. The maximum Gasteiger partial charge on any atom is 0.165 e. The molecule has 0 aliphatic heterocycles. The van der Waals surface area contributed by atoms with Crippen LogP contribution in [0.1, 0.15) is 5.69 Å². The van der Waals surface area contributed by atoms with Crippen molar-refractivity contribution in [2.45, 2.75) is 6.54 Å². The van der Waals surface area contributed by atoms with Crippen molar-refractivity contribution in [2.75, 3.05) is 5.32 Å². The van der Waals surface area contributed by atoms with Crippen LogP contribution < -0.4 is 5.32 Å². The number of hydrogen-bond donors (Lipinski definition) is 1. The summed E-state index contributed by atoms with van der Waals surface area (Å²) in [7, 11) is 0. The number of hydrogen-bond acceptors (Lipinski definition) is 4. The minimum Gasteiger partial charge on any atom is -0.364 e. The molecule has 0 saturated heterocycles. The van der Waals surface area contributed by atoms with Crippen molar-refractivity contribution in [1.82, 2.24) is 19.6 Å². The van der Waals surface area contributed by atoms with E-state index in [0.717, 1.165) is 11.5 Å². The molecule has 118 valence electrons. The van der Waals surface area contributed by atoms with E-state index >= 15 is 0 Å². The van der Waals surface area contributed by atoms with Crippen molar-refractivity contribution in [3.05, 3.63) is 78.6 Å². The molecule has 0 amide bonds. The third kappa shape index (κ3) is 2.58. The minimum absolute atomic E-state index is 0.291. The first-order chi connectivity index (χ1) is 11.8. The van der Waals surface area contributed by atoms with Gasteiger partial charge in [0.05, 0.1) is 18.4 Å². The molecule has 0 atom stereocenters. The van der Waals surface area contributed by atoms with Crippen LogP contribution in [-0.2, 0) is 6.54 Å². The zero-order valence-electron chi connectivity index (χ0n) is 12.7. The van der Waals surface area contributed by atoms with Gasteiger partial charge >= 0.3 is 0 Å². The molecule has 0 bridgehead atoms. The largest absolute Gasteiger partial charge is 0.364 e. The summed E-state index contributed by atoms with van der Waals surface area (Å²) in [6.07, 6.45) is 5.07. The van der Waals surface area contributed by atoms with E-state index in [1.807, 2.05) is 24.3 Å². The third-order valence-electron chi connectivity index (χ3n) is 3.74. The molecule has 1 N–H and O–H groups in total. The van der Waals surface area contributed by atoms with Crippen molar-refractivity contribution in [1.29, 1.82) is 0 Å². The van der Waals surface area contributed by atoms with Gasteiger partial charge in [-0.1, -0.05) is 24.3 Å². The molecule has 6 heteroatoms. The van der Waals surface area contributed by atoms with Crippen LogP contribution in [0.25, 0.3) is 16.8 Å². The van der Waals surface area contributed by atoms with Gasteiger partial charge in [-0.3, -0.25) is 4.98 Å². The standard InChI is InChI=1S/C18H14FN5/c19-16-7-2-1-6-14(16)15-12-23-24-17(8-10-21-18(15)24)22-11-13-5-3-4-9-20-13/h1-10,12,22H,11H2. The summed E-state index contributed by atoms with van der Waals surface area (Å²) in [6, 6.07) is 14.2. The van der Waals surface area contributed by atoms with E-state index in [2.05, 4.69) is 20.4 Å². The summed E-state index contributed by atoms with van der Waals surface area (Å²) in [4.78, 5) is 8.63. The fraction of sp³-hybridized carbons (Fsp3) is 0.0556. The highest BCUT2D eigenvalue weighted by Gasteiger charge is 2.13. The number of rotatable bonds is 4. The number of nitrogens with one attached hydrogen (secondary N) is 1. The van der Waals surface area contributed by atoms with Gasteiger partial charge in [0.1, 0.15) is 11.6 Å². The first kappa shape index (κ1) is 14.3. The molecule has 0 saturated carbocycles. The molecule has 0 aliphatic carbocycles. The molecule has 4 aromatic rings. The Kier molecular flexibility index (Phi) is 3.63. The fourth-order valence-electron chi connectivity index (χ4n) is 2.58. The van der Waals surface area contributed by atoms with E-state index in [0.29, 0.717) is 23.3 Å². The molecular weight excluding hydrogens is 305 g/mol. The molecule has 4 rings (SSSR count). The highest BCUT2D eigenvalue weighted by molar-refractivity contribution is 5.78. The van der Waals surface area contributed by atoms with Gasteiger partial charge in [-0.15, -0.1) is 0 Å². The van der Waals surface area contributed by atoms with Gasteiger partial charge in [0.2, 0.25) is 0 Å². The molecule has 24 heavy (non-hydrogen) atoms. The van der Waals surface area contributed by atoms with Crippen LogP contribution in [0.15, 0.2) is 67.1 Å². The molecule has 0 unspecified atom stereocenters. The SMILES string of the molecule is Fc1ccccc1-c1cnn2c(NCc3ccccn3)ccnc12. The van der Waals surface area contributed by atoms with E-state index in [-0.39, 0.29) is 5.82 Å². The predicted molar refractivity (Wildman–Crippen MR) is 89.9 cm³/mol. The lowest BCUT2D eigenvalue weighted by atomic mass is 10.1. The van der Waals surface area contributed by atoms with Crippen molar-refractivity contribution in [3.63, 3.8) is 0 Å². The lowest BCUT2D eigenvalue weighted by Crippen LogP contribution is -2.06. The van der Waals surface area contributed by atoms with Crippen LogP contribution in [0.2, 0.25) is 0 Å². The molecular formula is C18H14FN5. The van der Waals surface area contributed by atoms with Crippen LogP contribution in [0.5, 0.6) is 0 Å². The summed E-state index contributed by atoms with van der Waals surface area (Å²) in [5, 5.41) is 7.64. The maximum absolute atomic E-state index is 14.1. The monoisotopic (exact) mass is 319 g/mol. The van der Waals surface area contributed by atoms with Gasteiger partial charge < -0.3 is 5.32 Å². The van der Waals surface area contributed by atoms with Crippen LogP contribution >= 0.6 is 0 Å². The van der Waals surface area contributed by atoms with E-state index in [1.54, 1.807) is 41.3 Å². The van der Waals surface area contributed by atoms with Crippen molar-refractivity contribution in [3.8, 4) is 11.1 Å². The van der Waals surface area contributed by atoms with Gasteiger partial charge in [0, 0.05) is 23.5 Å². The lowest BCUT2D eigenvalue weighted by Gasteiger charge is -2.08. The Labute approximate surface area is 137 Å². The third-order valence-corrected chi connectivity index (χ3v) is 3.74. The van der Waals surface area contributed by atoms with Crippen LogP contribution in [0, 0.1) is 5.82 Å². The Hall–Kier alpha value is -3.28. The van der Waals surface area contributed by atoms with Gasteiger partial charge in [0.25, 0.3) is 0 Å². The Morgan fingerprint density at radius 2 is 1.79 bits per heavy atom. The van der Waals surface area contributed by atoms with Crippen molar-refractivity contribution >= 4 is 11.5 Å². The van der Waals surface area contributed by atoms with E-state index in [4.69, 9.17) is 0 Å². The Morgan fingerprint density at radius 3 is 2.62 bits per heavy atom. The fourth-order valence-corrected chi connectivity index (χ4v) is 2.58. The second-order valence-electron chi connectivity index (χ2n) is 5.28. The number of anilines is 1. The van der Waals surface area contributed by atoms with Gasteiger partial charge in [-0.2, -0.15) is 9.61 Å². The average molecular weight is 319 g/mol. The minimum atomic E-state index is -0.291. The summed E-state index contributed by atoms with van der Waals surface area (Å²) >= 11 is 0. The van der Waals surface area contributed by atoms with E-state index in [1.165, 1.54) is 6.07 Å². The number of benzene rings is 1. The summed E-state index contributed by atoms with van der Waals surface area (Å²) < 4.78 is 15.7. The number of pyridine rings is 1. The summed E-state index contributed by atoms with van der Waals surface area (Å²) in [5.41, 5.74) is 2.67. The maximum atomic E-state index is 14.1. The van der Waals surface area contributed by atoms with Crippen LogP contribution in [0.3, 0.4) is 0 Å². The zero-order valence-corrected chi connectivity index (χ0v) is 12.7. The molecule has 3 aromatic heterocycles. The van der Waals surface area contributed by atoms with E-state index < -0.39 is 0 Å². The number of nitrogens with zero attached hydrogens (tertiary/aromatic N) is 4. The topological polar surface area (TPSA) is 55.1 Å². The van der Waals surface area contributed by atoms with Gasteiger partial charge in [0.15, 0.2) is 5.65 Å². The highest BCUT2D eigenvalue weighted by atomic mass is 19.1. The van der Waals surface area contributed by atoms with Crippen LogP contribution in [-0.4, -0.2) is 19.6 Å².